The maximum Gasteiger partial charge on any atom is 0.247 e. The van der Waals surface area contributed by atoms with Crippen molar-refractivity contribution in [2.45, 2.75) is 26.2 Å². The standard InChI is InChI=1S/C4H13BrOSi2/c1-7(2)6-8(3,4)5/h7H,1-4H3. The van der Waals surface area contributed by atoms with Crippen LogP contribution < -0.4 is 0 Å². The molecule has 0 amide bonds. The zero-order valence-corrected chi connectivity index (χ0v) is 9.60. The van der Waals surface area contributed by atoms with E-state index in [1.807, 2.05) is 0 Å². The second-order valence-corrected chi connectivity index (χ2v) is 14.0. The Morgan fingerprint density at radius 2 is 1.75 bits per heavy atom. The highest BCUT2D eigenvalue weighted by Gasteiger charge is 2.18. The molecular formula is C4H13BrOSi2. The van der Waals surface area contributed by atoms with Crippen LogP contribution in [0.15, 0.2) is 0 Å². The number of halogens is 1. The molecule has 0 spiro atoms. The first-order valence-electron chi connectivity index (χ1n) is 2.78. The Hall–Kier alpha value is 0.874. The van der Waals surface area contributed by atoms with Crippen molar-refractivity contribution in [2.75, 3.05) is 0 Å². The van der Waals surface area contributed by atoms with Gasteiger partial charge in [-0.05, 0) is 26.2 Å². The van der Waals surface area contributed by atoms with Crippen molar-refractivity contribution in [1.29, 1.82) is 0 Å². The lowest BCUT2D eigenvalue weighted by Gasteiger charge is -2.17. The maximum atomic E-state index is 5.63. The molecule has 0 aliphatic carbocycles. The zero-order valence-electron chi connectivity index (χ0n) is 5.86. The predicted octanol–water partition coefficient (Wildman–Crippen LogP) is 2.08. The van der Waals surface area contributed by atoms with Crippen LogP contribution in [0, 0.1) is 0 Å². The molecule has 0 saturated carbocycles. The smallest absolute Gasteiger partial charge is 0.247 e. The van der Waals surface area contributed by atoms with Crippen molar-refractivity contribution >= 4 is 31.3 Å². The van der Waals surface area contributed by atoms with Crippen LogP contribution >= 0.6 is 15.3 Å². The van der Waals surface area contributed by atoms with Crippen LogP contribution in [0.3, 0.4) is 0 Å². The molecule has 0 aromatic heterocycles. The Morgan fingerprint density at radius 3 is 1.75 bits per heavy atom. The van der Waals surface area contributed by atoms with E-state index >= 15 is 0 Å². The minimum atomic E-state index is -1.35. The highest BCUT2D eigenvalue weighted by Crippen LogP contribution is 2.12. The minimum Gasteiger partial charge on any atom is -0.451 e. The third-order valence-electron chi connectivity index (χ3n) is 0.516. The van der Waals surface area contributed by atoms with Crippen molar-refractivity contribution in [3.8, 4) is 0 Å². The third-order valence-corrected chi connectivity index (χ3v) is 6.33. The summed E-state index contributed by atoms with van der Waals surface area (Å²) < 4.78 is 5.63. The summed E-state index contributed by atoms with van der Waals surface area (Å²) in [4.78, 5) is 0. The second kappa shape index (κ2) is 3.15. The van der Waals surface area contributed by atoms with Gasteiger partial charge in [-0.25, -0.2) is 0 Å². The third kappa shape index (κ3) is 6.87. The van der Waals surface area contributed by atoms with Crippen molar-refractivity contribution < 1.29 is 4.12 Å². The van der Waals surface area contributed by atoms with Gasteiger partial charge in [-0.3, -0.25) is 0 Å². The molecule has 0 bridgehead atoms. The topological polar surface area (TPSA) is 9.23 Å². The van der Waals surface area contributed by atoms with E-state index in [9.17, 15) is 0 Å². The number of hydrogen-bond acceptors (Lipinski definition) is 1. The van der Waals surface area contributed by atoms with E-state index in [2.05, 4.69) is 41.5 Å². The summed E-state index contributed by atoms with van der Waals surface area (Å²) in [6.07, 6.45) is 0. The fourth-order valence-corrected chi connectivity index (χ4v) is 8.41. The fraction of sp³-hybridized carbons (Fsp3) is 1.00. The highest BCUT2D eigenvalue weighted by molar-refractivity contribution is 9.25. The molecule has 1 nitrogen and oxygen atoms in total. The number of rotatable bonds is 2. The normalized spacial score (nSPS) is 12.8. The average molecular weight is 213 g/mol. The lowest BCUT2D eigenvalue weighted by Crippen LogP contribution is -2.28. The van der Waals surface area contributed by atoms with Gasteiger partial charge >= 0.3 is 0 Å². The van der Waals surface area contributed by atoms with E-state index in [1.165, 1.54) is 0 Å². The molecule has 0 aromatic carbocycles. The summed E-state index contributed by atoms with van der Waals surface area (Å²) in [5.74, 6) is 0. The average Bonchev–Trinajstić information content (AvgIpc) is 1.21. The van der Waals surface area contributed by atoms with Gasteiger partial charge < -0.3 is 4.12 Å². The van der Waals surface area contributed by atoms with Gasteiger partial charge in [0.2, 0.25) is 6.94 Å². The van der Waals surface area contributed by atoms with Crippen LogP contribution in [0.4, 0.5) is 0 Å². The Labute approximate surface area is 61.9 Å². The summed E-state index contributed by atoms with van der Waals surface area (Å²) in [5.41, 5.74) is 0. The first kappa shape index (κ1) is 8.87. The molecule has 0 saturated heterocycles. The van der Waals surface area contributed by atoms with Gasteiger partial charge in [0.15, 0.2) is 9.04 Å². The molecule has 0 radical (unpaired) electrons. The molecule has 0 fully saturated rings. The molecule has 8 heavy (non-hydrogen) atoms. The van der Waals surface area contributed by atoms with Crippen molar-refractivity contribution in [3.05, 3.63) is 0 Å². The van der Waals surface area contributed by atoms with E-state index in [1.54, 1.807) is 0 Å². The van der Waals surface area contributed by atoms with Gasteiger partial charge in [0.05, 0.1) is 0 Å². The van der Waals surface area contributed by atoms with Crippen LogP contribution in [0.25, 0.3) is 0 Å². The molecule has 4 heteroatoms. The first-order chi connectivity index (χ1) is 3.42. The van der Waals surface area contributed by atoms with E-state index in [-0.39, 0.29) is 0 Å². The van der Waals surface area contributed by atoms with Crippen LogP contribution in [0.5, 0.6) is 0 Å². The Kier molecular flexibility index (Phi) is 3.49. The fourth-order valence-electron chi connectivity index (χ4n) is 0.560. The molecule has 50 valence electrons. The molecule has 0 rings (SSSR count). The van der Waals surface area contributed by atoms with Crippen molar-refractivity contribution in [1.82, 2.24) is 0 Å². The molecule has 0 heterocycles. The maximum absolute atomic E-state index is 5.63. The molecule has 0 atom stereocenters. The van der Waals surface area contributed by atoms with E-state index in [4.69, 9.17) is 4.12 Å². The Bertz CT molecular complexity index is 68.9. The summed E-state index contributed by atoms with van der Waals surface area (Å²) in [6, 6.07) is 0. The van der Waals surface area contributed by atoms with Crippen molar-refractivity contribution in [3.63, 3.8) is 0 Å². The van der Waals surface area contributed by atoms with Gasteiger partial charge in [-0.1, -0.05) is 15.3 Å². The van der Waals surface area contributed by atoms with Gasteiger partial charge in [0.25, 0.3) is 0 Å². The molecule has 0 N–H and O–H groups in total. The summed E-state index contributed by atoms with van der Waals surface area (Å²) in [5, 5.41) is 0. The quantitative estimate of drug-likeness (QED) is 0.504. The van der Waals surface area contributed by atoms with Gasteiger partial charge in [0.1, 0.15) is 0 Å². The van der Waals surface area contributed by atoms with Crippen LogP contribution in [0.2, 0.25) is 26.2 Å². The zero-order chi connectivity index (χ0) is 6.78. The first-order valence-corrected chi connectivity index (χ1v) is 10.7. The van der Waals surface area contributed by atoms with E-state index in [0.717, 1.165) is 0 Å². The second-order valence-electron chi connectivity index (χ2n) is 2.53. The molecule has 0 aromatic rings. The van der Waals surface area contributed by atoms with Crippen LogP contribution in [0.1, 0.15) is 0 Å². The predicted molar refractivity (Wildman–Crippen MR) is 46.4 cm³/mol. The summed E-state index contributed by atoms with van der Waals surface area (Å²) in [6.45, 7) is 7.34. The Balaban J connectivity index is 3.39. The van der Waals surface area contributed by atoms with Gasteiger partial charge in [0, 0.05) is 0 Å². The number of hydrogen-bond donors (Lipinski definition) is 0. The SMILES string of the molecule is C[SiH](C)O[Si](C)(C)Br. The highest BCUT2D eigenvalue weighted by atomic mass is 79.9. The van der Waals surface area contributed by atoms with Crippen molar-refractivity contribution in [2.24, 2.45) is 0 Å². The van der Waals surface area contributed by atoms with Crippen LogP contribution in [-0.2, 0) is 4.12 Å². The molecule has 0 aliphatic rings. The monoisotopic (exact) mass is 212 g/mol. The lowest BCUT2D eigenvalue weighted by molar-refractivity contribution is 0.602. The van der Waals surface area contributed by atoms with E-state index < -0.39 is 16.0 Å². The molecular weight excluding hydrogens is 200 g/mol. The largest absolute Gasteiger partial charge is 0.451 e. The summed E-state index contributed by atoms with van der Waals surface area (Å²) >= 11 is 3.53. The minimum absolute atomic E-state index is 0.781. The summed E-state index contributed by atoms with van der Waals surface area (Å²) in [7, 11) is -0.781. The lowest BCUT2D eigenvalue weighted by atomic mass is 11.9. The Morgan fingerprint density at radius 1 is 1.38 bits per heavy atom. The van der Waals surface area contributed by atoms with E-state index in [0.29, 0.717) is 0 Å². The van der Waals surface area contributed by atoms with Gasteiger partial charge in [-0.2, -0.15) is 0 Å². The molecule has 0 unspecified atom stereocenters. The molecule has 0 aliphatic heterocycles. The van der Waals surface area contributed by atoms with Crippen LogP contribution in [-0.4, -0.2) is 16.0 Å². The van der Waals surface area contributed by atoms with Gasteiger partial charge in [-0.15, -0.1) is 0 Å².